The lowest BCUT2D eigenvalue weighted by Crippen LogP contribution is -2.04. The Bertz CT molecular complexity index is 1110. The van der Waals surface area contributed by atoms with Gasteiger partial charge >= 0.3 is 0 Å². The Hall–Kier alpha value is -3.30. The van der Waals surface area contributed by atoms with E-state index in [-0.39, 0.29) is 5.56 Å². The summed E-state index contributed by atoms with van der Waals surface area (Å²) < 4.78 is 16.6. The van der Waals surface area contributed by atoms with E-state index in [2.05, 4.69) is 26.2 Å². The zero-order chi connectivity index (χ0) is 18.4. The highest BCUT2D eigenvalue weighted by Crippen LogP contribution is 2.13. The number of nitrogens with zero attached hydrogens (tertiary/aromatic N) is 3. The van der Waals surface area contributed by atoms with Crippen LogP contribution in [0, 0.1) is 11.8 Å². The number of benzene rings is 1. The largest absolute Gasteiger partial charge is 0.286 e. The van der Waals surface area contributed by atoms with Gasteiger partial charge in [-0.05, 0) is 30.3 Å². The molecule has 2 heterocycles. The Morgan fingerprint density at radius 3 is 2.42 bits per heavy atom. The molecule has 0 spiro atoms. The zero-order valence-corrected chi connectivity index (χ0v) is 14.8. The lowest BCUT2D eigenvalue weighted by molar-refractivity contribution is 0.100. The van der Waals surface area contributed by atoms with Crippen molar-refractivity contribution in [2.75, 3.05) is 6.26 Å². The Kier molecular flexibility index (Phi) is 5.20. The molecule has 2 aromatic heterocycles. The molecule has 5 nitrogen and oxygen atoms in total. The maximum absolute atomic E-state index is 12.7. The molecular weight excluding hydrogens is 346 g/mol. The van der Waals surface area contributed by atoms with E-state index >= 15 is 0 Å². The average molecular weight is 361 g/mol. The summed E-state index contributed by atoms with van der Waals surface area (Å²) in [7, 11) is -2.82. The zero-order valence-electron chi connectivity index (χ0n) is 14.0. The van der Waals surface area contributed by atoms with Gasteiger partial charge in [-0.15, -0.1) is 0 Å². The smallest absolute Gasteiger partial charge is 0.266 e. The highest BCUT2D eigenvalue weighted by atomic mass is 32.2. The number of aromatic nitrogens is 2. The van der Waals surface area contributed by atoms with E-state index in [0.717, 1.165) is 5.56 Å². The van der Waals surface area contributed by atoms with Gasteiger partial charge in [0, 0.05) is 47.1 Å². The number of pyridine rings is 2. The number of rotatable bonds is 2. The van der Waals surface area contributed by atoms with Crippen LogP contribution in [0.15, 0.2) is 82.6 Å². The third-order valence-electron chi connectivity index (χ3n) is 3.44. The first-order valence-electron chi connectivity index (χ1n) is 7.73. The molecule has 1 unspecified atom stereocenters. The summed E-state index contributed by atoms with van der Waals surface area (Å²) in [5.74, 6) is 5.30. The number of carbonyl (C=O) groups is 1. The van der Waals surface area contributed by atoms with E-state index in [9.17, 15) is 9.00 Å². The molecule has 0 saturated carbocycles. The van der Waals surface area contributed by atoms with Gasteiger partial charge < -0.3 is 0 Å². The fourth-order valence-electron chi connectivity index (χ4n) is 2.14. The van der Waals surface area contributed by atoms with Crippen molar-refractivity contribution in [3.8, 4) is 11.8 Å². The van der Waals surface area contributed by atoms with E-state index in [4.69, 9.17) is 0 Å². The minimum atomic E-state index is -2.82. The van der Waals surface area contributed by atoms with Crippen molar-refractivity contribution in [1.29, 1.82) is 0 Å². The second-order valence-corrected chi connectivity index (χ2v) is 7.73. The van der Waals surface area contributed by atoms with Crippen LogP contribution in [-0.2, 0) is 9.73 Å². The summed E-state index contributed by atoms with van der Waals surface area (Å²) in [6.07, 6.45) is 7.71. The standard InChI is InChI=1S/C20H15N3O2S/c1-26(25,19-7-3-2-4-8-19)23-20(24)18-12-17(14-22-15-18)10-9-16-6-5-11-21-13-16/h2-8,11-15H,1H3. The number of hydrogen-bond acceptors (Lipinski definition) is 4. The maximum atomic E-state index is 12.7. The van der Waals surface area contributed by atoms with Crippen molar-refractivity contribution in [1.82, 2.24) is 9.97 Å². The Balaban J connectivity index is 1.89. The number of carbonyl (C=O) groups excluding carboxylic acids is 1. The van der Waals surface area contributed by atoms with Crippen LogP contribution < -0.4 is 0 Å². The van der Waals surface area contributed by atoms with Crippen LogP contribution in [0.5, 0.6) is 0 Å². The van der Waals surface area contributed by atoms with Gasteiger partial charge in [-0.1, -0.05) is 30.0 Å². The molecule has 1 amide bonds. The maximum Gasteiger partial charge on any atom is 0.286 e. The molecule has 0 saturated heterocycles. The van der Waals surface area contributed by atoms with Crippen molar-refractivity contribution in [2.45, 2.75) is 4.90 Å². The summed E-state index contributed by atoms with van der Waals surface area (Å²) in [4.78, 5) is 20.9. The molecular formula is C20H15N3O2S. The lowest BCUT2D eigenvalue weighted by Gasteiger charge is -2.03. The van der Waals surface area contributed by atoms with Crippen LogP contribution in [0.2, 0.25) is 0 Å². The van der Waals surface area contributed by atoms with E-state index in [0.29, 0.717) is 10.5 Å². The molecule has 1 aromatic carbocycles. The minimum Gasteiger partial charge on any atom is -0.266 e. The highest BCUT2D eigenvalue weighted by Gasteiger charge is 2.11. The third-order valence-corrected chi connectivity index (χ3v) is 5.10. The summed E-state index contributed by atoms with van der Waals surface area (Å²) in [5, 5.41) is 0. The van der Waals surface area contributed by atoms with Gasteiger partial charge in [0.05, 0.1) is 15.3 Å². The van der Waals surface area contributed by atoms with Crippen molar-refractivity contribution in [3.05, 3.63) is 90.0 Å². The molecule has 1 atom stereocenters. The van der Waals surface area contributed by atoms with Crippen LogP contribution in [0.25, 0.3) is 0 Å². The van der Waals surface area contributed by atoms with Gasteiger partial charge in [0.25, 0.3) is 5.91 Å². The van der Waals surface area contributed by atoms with Crippen molar-refractivity contribution in [3.63, 3.8) is 0 Å². The fourth-order valence-corrected chi connectivity index (χ4v) is 3.33. The average Bonchev–Trinajstić information content (AvgIpc) is 2.68. The molecule has 0 aliphatic heterocycles. The van der Waals surface area contributed by atoms with E-state index in [1.54, 1.807) is 55.0 Å². The first-order chi connectivity index (χ1) is 12.5. The minimum absolute atomic E-state index is 0.244. The monoisotopic (exact) mass is 361 g/mol. The second kappa shape index (κ2) is 7.72. The van der Waals surface area contributed by atoms with Gasteiger partial charge in [0.1, 0.15) is 0 Å². The Morgan fingerprint density at radius 2 is 1.69 bits per heavy atom. The summed E-state index contributed by atoms with van der Waals surface area (Å²) in [6.45, 7) is 0. The normalized spacial score (nSPS) is 12.3. The molecule has 128 valence electrons. The Labute approximate surface area is 152 Å². The lowest BCUT2D eigenvalue weighted by atomic mass is 10.2. The first kappa shape index (κ1) is 17.5. The van der Waals surface area contributed by atoms with E-state index in [1.165, 1.54) is 12.5 Å². The third kappa shape index (κ3) is 4.41. The molecule has 0 aliphatic carbocycles. The van der Waals surface area contributed by atoms with Gasteiger partial charge in [-0.3, -0.25) is 14.8 Å². The summed E-state index contributed by atoms with van der Waals surface area (Å²) in [5.41, 5.74) is 1.57. The van der Waals surface area contributed by atoms with Crippen LogP contribution in [0.1, 0.15) is 21.5 Å². The SMILES string of the molecule is CS(=O)(=NC(=O)c1cncc(C#Cc2cccnc2)c1)c1ccccc1. The Morgan fingerprint density at radius 1 is 0.962 bits per heavy atom. The van der Waals surface area contributed by atoms with Crippen LogP contribution in [0.4, 0.5) is 0 Å². The van der Waals surface area contributed by atoms with Gasteiger partial charge in [-0.2, -0.15) is 4.36 Å². The fraction of sp³-hybridized carbons (Fsp3) is 0.0500. The molecule has 0 fully saturated rings. The predicted molar refractivity (Wildman–Crippen MR) is 100.0 cm³/mol. The van der Waals surface area contributed by atoms with E-state index in [1.807, 2.05) is 12.1 Å². The quantitative estimate of drug-likeness (QED) is 0.657. The second-order valence-electron chi connectivity index (χ2n) is 5.47. The molecule has 3 rings (SSSR count). The van der Waals surface area contributed by atoms with E-state index < -0.39 is 15.6 Å². The topological polar surface area (TPSA) is 72.3 Å². The molecule has 0 N–H and O–H groups in total. The molecule has 26 heavy (non-hydrogen) atoms. The summed E-state index contributed by atoms with van der Waals surface area (Å²) >= 11 is 0. The molecule has 6 heteroatoms. The van der Waals surface area contributed by atoms with Crippen molar-refractivity contribution >= 4 is 15.6 Å². The predicted octanol–water partition coefficient (Wildman–Crippen LogP) is 3.17. The number of hydrogen-bond donors (Lipinski definition) is 0. The molecule has 0 bridgehead atoms. The van der Waals surface area contributed by atoms with Crippen molar-refractivity contribution in [2.24, 2.45) is 4.36 Å². The molecule has 0 aliphatic rings. The van der Waals surface area contributed by atoms with Gasteiger partial charge in [0.2, 0.25) is 0 Å². The molecule has 0 radical (unpaired) electrons. The van der Waals surface area contributed by atoms with Gasteiger partial charge in [0.15, 0.2) is 0 Å². The summed E-state index contributed by atoms with van der Waals surface area (Å²) in [6, 6.07) is 13.9. The van der Waals surface area contributed by atoms with Crippen LogP contribution in [-0.4, -0.2) is 26.3 Å². The number of amides is 1. The first-order valence-corrected chi connectivity index (χ1v) is 9.65. The van der Waals surface area contributed by atoms with Crippen LogP contribution in [0.3, 0.4) is 0 Å². The van der Waals surface area contributed by atoms with Gasteiger partial charge in [-0.25, -0.2) is 4.21 Å². The van der Waals surface area contributed by atoms with Crippen molar-refractivity contribution < 1.29 is 9.00 Å². The van der Waals surface area contributed by atoms with Crippen LogP contribution >= 0.6 is 0 Å². The highest BCUT2D eigenvalue weighted by molar-refractivity contribution is 7.93. The molecule has 3 aromatic rings.